The second kappa shape index (κ2) is 7.98. The van der Waals surface area contributed by atoms with Gasteiger partial charge in [-0.25, -0.2) is 0 Å². The van der Waals surface area contributed by atoms with Crippen molar-refractivity contribution in [1.29, 1.82) is 0 Å². The van der Waals surface area contributed by atoms with E-state index in [1.165, 1.54) is 4.90 Å². The van der Waals surface area contributed by atoms with Gasteiger partial charge in [0.05, 0.1) is 11.6 Å². The molecular weight excluding hydrogens is 421 g/mol. The number of aliphatic hydroxyl groups is 1. The van der Waals surface area contributed by atoms with Crippen molar-refractivity contribution < 1.29 is 14.7 Å². The molecule has 1 atom stereocenters. The topological polar surface area (TPSA) is 57.6 Å². The Labute approximate surface area is 184 Å². The number of halogens is 2. The van der Waals surface area contributed by atoms with E-state index in [0.717, 1.165) is 5.56 Å². The third kappa shape index (κ3) is 3.60. The number of nitrogens with zero attached hydrogens (tertiary/aromatic N) is 1. The van der Waals surface area contributed by atoms with E-state index in [9.17, 15) is 14.7 Å². The van der Waals surface area contributed by atoms with Gasteiger partial charge in [-0.2, -0.15) is 0 Å². The van der Waals surface area contributed by atoms with Crippen LogP contribution in [0, 0.1) is 6.92 Å². The lowest BCUT2D eigenvalue weighted by Gasteiger charge is -2.25. The fourth-order valence-corrected chi connectivity index (χ4v) is 3.78. The van der Waals surface area contributed by atoms with Crippen molar-refractivity contribution >= 4 is 46.3 Å². The van der Waals surface area contributed by atoms with Gasteiger partial charge in [0.25, 0.3) is 11.7 Å². The highest BCUT2D eigenvalue weighted by Crippen LogP contribution is 2.42. The molecule has 0 aromatic heterocycles. The van der Waals surface area contributed by atoms with Crippen LogP contribution in [-0.4, -0.2) is 16.8 Å². The van der Waals surface area contributed by atoms with Crippen LogP contribution in [-0.2, 0) is 9.59 Å². The molecule has 0 aliphatic carbocycles. The summed E-state index contributed by atoms with van der Waals surface area (Å²) in [7, 11) is 0. The molecule has 3 aromatic rings. The number of anilines is 1. The molecule has 4 rings (SSSR count). The second-order valence-corrected chi connectivity index (χ2v) is 7.94. The van der Waals surface area contributed by atoms with E-state index >= 15 is 0 Å². The summed E-state index contributed by atoms with van der Waals surface area (Å²) in [5.74, 6) is -1.70. The minimum Gasteiger partial charge on any atom is -0.507 e. The van der Waals surface area contributed by atoms with Gasteiger partial charge in [0.2, 0.25) is 0 Å². The van der Waals surface area contributed by atoms with Crippen LogP contribution in [0.4, 0.5) is 5.69 Å². The molecule has 4 nitrogen and oxygen atoms in total. The largest absolute Gasteiger partial charge is 0.507 e. The molecule has 0 unspecified atom stereocenters. The fraction of sp³-hybridized carbons (Fsp3) is 0.0833. The molecule has 1 amide bonds. The SMILES string of the molecule is Cc1ccc(N2C(=O)C(=O)C(=C(O)c3ccc(Cl)cc3)[C@@H]2c2ccc(Cl)cc2)cc1. The van der Waals surface area contributed by atoms with Crippen LogP contribution in [0.15, 0.2) is 78.4 Å². The molecule has 1 fully saturated rings. The summed E-state index contributed by atoms with van der Waals surface area (Å²) in [6, 6.07) is 19.8. The highest BCUT2D eigenvalue weighted by Gasteiger charge is 2.46. The molecule has 3 aromatic carbocycles. The van der Waals surface area contributed by atoms with Crippen LogP contribution >= 0.6 is 23.2 Å². The van der Waals surface area contributed by atoms with Crippen LogP contribution in [0.5, 0.6) is 0 Å². The number of amides is 1. The zero-order chi connectivity index (χ0) is 21.4. The van der Waals surface area contributed by atoms with Crippen LogP contribution in [0.1, 0.15) is 22.7 Å². The smallest absolute Gasteiger partial charge is 0.300 e. The monoisotopic (exact) mass is 437 g/mol. The first kappa shape index (κ1) is 20.2. The van der Waals surface area contributed by atoms with Crippen LogP contribution in [0.3, 0.4) is 0 Å². The number of hydrogen-bond donors (Lipinski definition) is 1. The van der Waals surface area contributed by atoms with Gasteiger partial charge < -0.3 is 5.11 Å². The lowest BCUT2D eigenvalue weighted by molar-refractivity contribution is -0.132. The van der Waals surface area contributed by atoms with Gasteiger partial charge in [0, 0.05) is 21.3 Å². The number of benzene rings is 3. The van der Waals surface area contributed by atoms with Crippen molar-refractivity contribution in [2.75, 3.05) is 4.90 Å². The van der Waals surface area contributed by atoms with Gasteiger partial charge in [-0.15, -0.1) is 0 Å². The highest BCUT2D eigenvalue weighted by atomic mass is 35.5. The van der Waals surface area contributed by atoms with E-state index in [1.807, 2.05) is 19.1 Å². The van der Waals surface area contributed by atoms with Gasteiger partial charge in [0.1, 0.15) is 5.76 Å². The number of ketones is 1. The number of Topliss-reactive ketones (excluding diaryl/α,β-unsaturated/α-hetero) is 1. The van der Waals surface area contributed by atoms with Crippen LogP contribution < -0.4 is 4.90 Å². The molecule has 0 bridgehead atoms. The van der Waals surface area contributed by atoms with Crippen molar-refractivity contribution in [3.05, 3.63) is 105 Å². The molecule has 0 radical (unpaired) electrons. The summed E-state index contributed by atoms with van der Waals surface area (Å²) in [6.45, 7) is 1.94. The standard InChI is InChI=1S/C24H17Cl2NO3/c1-14-2-12-19(13-3-14)27-21(15-4-8-17(25)9-5-15)20(23(29)24(27)30)22(28)16-6-10-18(26)11-7-16/h2-13,21,28H,1H3/t21-/m0/s1. The van der Waals surface area contributed by atoms with Crippen molar-refractivity contribution in [1.82, 2.24) is 0 Å². The predicted molar refractivity (Wildman–Crippen MR) is 119 cm³/mol. The summed E-state index contributed by atoms with van der Waals surface area (Å²) in [4.78, 5) is 27.5. The average molecular weight is 438 g/mol. The summed E-state index contributed by atoms with van der Waals surface area (Å²) >= 11 is 12.0. The maximum atomic E-state index is 13.0. The van der Waals surface area contributed by atoms with Gasteiger partial charge in [0.15, 0.2) is 0 Å². The normalized spacial score (nSPS) is 18.1. The molecule has 0 spiro atoms. The number of aryl methyl sites for hydroxylation is 1. The third-order valence-corrected chi connectivity index (χ3v) is 5.56. The molecule has 1 aliphatic rings. The molecule has 1 heterocycles. The Morgan fingerprint density at radius 2 is 1.37 bits per heavy atom. The molecule has 1 aliphatic heterocycles. The molecule has 1 saturated heterocycles. The van der Waals surface area contributed by atoms with E-state index < -0.39 is 17.7 Å². The average Bonchev–Trinajstić information content (AvgIpc) is 3.00. The summed E-state index contributed by atoms with van der Waals surface area (Å²) in [5, 5.41) is 12.0. The summed E-state index contributed by atoms with van der Waals surface area (Å²) in [6.07, 6.45) is 0. The quantitative estimate of drug-likeness (QED) is 0.313. The fourth-order valence-electron chi connectivity index (χ4n) is 3.53. The van der Waals surface area contributed by atoms with E-state index in [2.05, 4.69) is 0 Å². The number of aliphatic hydroxyl groups excluding tert-OH is 1. The minimum atomic E-state index is -0.791. The van der Waals surface area contributed by atoms with Gasteiger partial charge in [-0.3, -0.25) is 14.5 Å². The number of rotatable bonds is 3. The Balaban J connectivity index is 1.93. The number of carbonyl (C=O) groups is 2. The number of carbonyl (C=O) groups excluding carboxylic acids is 2. The van der Waals surface area contributed by atoms with E-state index in [4.69, 9.17) is 23.2 Å². The maximum absolute atomic E-state index is 13.0. The first-order chi connectivity index (χ1) is 14.4. The Morgan fingerprint density at radius 1 is 0.833 bits per heavy atom. The van der Waals surface area contributed by atoms with E-state index in [1.54, 1.807) is 60.7 Å². The molecule has 0 saturated carbocycles. The Hall–Kier alpha value is -3.08. The highest BCUT2D eigenvalue weighted by molar-refractivity contribution is 6.51. The Bertz CT molecular complexity index is 1150. The summed E-state index contributed by atoms with van der Waals surface area (Å²) in [5.41, 5.74) is 2.68. The third-order valence-electron chi connectivity index (χ3n) is 5.06. The second-order valence-electron chi connectivity index (χ2n) is 7.06. The molecular formula is C24H17Cl2NO3. The molecule has 6 heteroatoms. The first-order valence-electron chi connectivity index (χ1n) is 9.26. The molecule has 150 valence electrons. The molecule has 30 heavy (non-hydrogen) atoms. The lowest BCUT2D eigenvalue weighted by atomic mass is 9.95. The van der Waals surface area contributed by atoms with Gasteiger partial charge in [-0.05, 0) is 61.0 Å². The van der Waals surface area contributed by atoms with Gasteiger partial charge in [-0.1, -0.05) is 53.0 Å². The van der Waals surface area contributed by atoms with Crippen LogP contribution in [0.2, 0.25) is 10.0 Å². The minimum absolute atomic E-state index is 0.0187. The zero-order valence-corrected chi connectivity index (χ0v) is 17.5. The van der Waals surface area contributed by atoms with E-state index in [-0.39, 0.29) is 11.3 Å². The van der Waals surface area contributed by atoms with E-state index in [0.29, 0.717) is 26.9 Å². The predicted octanol–water partition coefficient (Wildman–Crippen LogP) is 5.93. The summed E-state index contributed by atoms with van der Waals surface area (Å²) < 4.78 is 0. The van der Waals surface area contributed by atoms with Crippen molar-refractivity contribution in [3.63, 3.8) is 0 Å². The van der Waals surface area contributed by atoms with Crippen molar-refractivity contribution in [2.24, 2.45) is 0 Å². The Morgan fingerprint density at radius 3 is 1.93 bits per heavy atom. The van der Waals surface area contributed by atoms with Crippen LogP contribution in [0.25, 0.3) is 5.76 Å². The lowest BCUT2D eigenvalue weighted by Crippen LogP contribution is -2.29. The molecule has 1 N–H and O–H groups in total. The first-order valence-corrected chi connectivity index (χ1v) is 10.0. The Kier molecular flexibility index (Phi) is 5.37. The van der Waals surface area contributed by atoms with Gasteiger partial charge >= 0.3 is 0 Å². The zero-order valence-electron chi connectivity index (χ0n) is 16.0. The number of hydrogen-bond acceptors (Lipinski definition) is 3. The van der Waals surface area contributed by atoms with Crippen molar-refractivity contribution in [2.45, 2.75) is 13.0 Å². The maximum Gasteiger partial charge on any atom is 0.300 e. The van der Waals surface area contributed by atoms with Crippen molar-refractivity contribution in [3.8, 4) is 0 Å².